The summed E-state index contributed by atoms with van der Waals surface area (Å²) in [5, 5.41) is 11.8. The fourth-order valence-corrected chi connectivity index (χ4v) is 2.34. The van der Waals surface area contributed by atoms with Crippen LogP contribution in [0.15, 0.2) is 18.3 Å². The second kappa shape index (κ2) is 6.43. The minimum absolute atomic E-state index is 0.0493. The van der Waals surface area contributed by atoms with Crippen LogP contribution in [0, 0.1) is 11.8 Å². The number of nitrogens with one attached hydrogen (secondary N) is 1. The van der Waals surface area contributed by atoms with Crippen molar-refractivity contribution in [1.82, 2.24) is 9.88 Å². The molecule has 1 aromatic rings. The average molecular weight is 293 g/mol. The average Bonchev–Trinajstić information content (AvgIpc) is 2.84. The molecule has 2 heterocycles. The molecular formula is C14H19N3O4. The minimum Gasteiger partial charge on any atom is -0.481 e. The second-order valence-corrected chi connectivity index (χ2v) is 5.08. The molecule has 0 bridgehead atoms. The molecule has 0 saturated carbocycles. The molecule has 1 fully saturated rings. The third-order valence-electron chi connectivity index (χ3n) is 3.50. The van der Waals surface area contributed by atoms with Crippen LogP contribution in [0.5, 0.6) is 5.88 Å². The zero-order chi connectivity index (χ0) is 15.4. The molecule has 1 aliphatic rings. The summed E-state index contributed by atoms with van der Waals surface area (Å²) >= 11 is 0. The van der Waals surface area contributed by atoms with Crippen molar-refractivity contribution in [2.75, 3.05) is 25.0 Å². The molecule has 7 heteroatoms. The van der Waals surface area contributed by atoms with E-state index in [4.69, 9.17) is 9.84 Å². The summed E-state index contributed by atoms with van der Waals surface area (Å²) in [5.41, 5.74) is 0.551. The maximum atomic E-state index is 12.1. The Labute approximate surface area is 122 Å². The molecule has 0 aliphatic carbocycles. The monoisotopic (exact) mass is 293 g/mol. The molecule has 21 heavy (non-hydrogen) atoms. The van der Waals surface area contributed by atoms with E-state index in [-0.39, 0.29) is 18.5 Å². The van der Waals surface area contributed by atoms with Crippen molar-refractivity contribution in [2.45, 2.75) is 13.8 Å². The van der Waals surface area contributed by atoms with Crippen LogP contribution >= 0.6 is 0 Å². The van der Waals surface area contributed by atoms with E-state index in [2.05, 4.69) is 10.3 Å². The zero-order valence-electron chi connectivity index (χ0n) is 12.1. The zero-order valence-corrected chi connectivity index (χ0v) is 12.1. The predicted octanol–water partition coefficient (Wildman–Crippen LogP) is 1.66. The molecule has 7 nitrogen and oxygen atoms in total. The maximum absolute atomic E-state index is 12.1. The molecule has 0 radical (unpaired) electrons. The summed E-state index contributed by atoms with van der Waals surface area (Å²) < 4.78 is 5.22. The van der Waals surface area contributed by atoms with E-state index in [1.165, 1.54) is 11.1 Å². The Morgan fingerprint density at radius 3 is 2.76 bits per heavy atom. The normalized spacial score (nSPS) is 21.1. The molecule has 1 aromatic heterocycles. The Morgan fingerprint density at radius 1 is 1.48 bits per heavy atom. The van der Waals surface area contributed by atoms with Crippen molar-refractivity contribution in [3.63, 3.8) is 0 Å². The van der Waals surface area contributed by atoms with Crippen LogP contribution < -0.4 is 10.1 Å². The van der Waals surface area contributed by atoms with Crippen LogP contribution in [0.1, 0.15) is 13.8 Å². The number of hydrogen-bond acceptors (Lipinski definition) is 4. The molecule has 0 unspecified atom stereocenters. The van der Waals surface area contributed by atoms with Gasteiger partial charge in [-0.05, 0) is 18.9 Å². The van der Waals surface area contributed by atoms with Crippen molar-refractivity contribution in [1.29, 1.82) is 0 Å². The van der Waals surface area contributed by atoms with E-state index in [1.54, 1.807) is 12.1 Å². The van der Waals surface area contributed by atoms with Gasteiger partial charge in [0, 0.05) is 19.2 Å². The van der Waals surface area contributed by atoms with Gasteiger partial charge in [0.1, 0.15) is 0 Å². The number of carboxylic acid groups (broad SMARTS) is 1. The summed E-state index contributed by atoms with van der Waals surface area (Å²) in [6.07, 6.45) is 1.51. The number of hydrogen-bond donors (Lipinski definition) is 2. The van der Waals surface area contributed by atoms with Gasteiger partial charge in [-0.3, -0.25) is 4.79 Å². The van der Waals surface area contributed by atoms with E-state index >= 15 is 0 Å². The highest BCUT2D eigenvalue weighted by molar-refractivity contribution is 5.90. The first-order valence-electron chi connectivity index (χ1n) is 6.88. The van der Waals surface area contributed by atoms with Crippen molar-refractivity contribution in [3.8, 4) is 5.88 Å². The van der Waals surface area contributed by atoms with Crippen molar-refractivity contribution >= 4 is 17.7 Å². The van der Waals surface area contributed by atoms with E-state index in [1.807, 2.05) is 13.8 Å². The Morgan fingerprint density at radius 2 is 2.24 bits per heavy atom. The number of carboxylic acids is 1. The number of urea groups is 1. The topological polar surface area (TPSA) is 91.8 Å². The third kappa shape index (κ3) is 3.62. The number of likely N-dealkylation sites (tertiary alicyclic amines) is 1. The second-order valence-electron chi connectivity index (χ2n) is 5.08. The van der Waals surface area contributed by atoms with Crippen LogP contribution in [0.2, 0.25) is 0 Å². The number of anilines is 1. The lowest BCUT2D eigenvalue weighted by Gasteiger charge is -2.16. The molecular weight excluding hydrogens is 274 g/mol. The maximum Gasteiger partial charge on any atom is 0.321 e. The first-order valence-corrected chi connectivity index (χ1v) is 6.88. The number of pyridine rings is 1. The summed E-state index contributed by atoms with van der Waals surface area (Å²) in [6, 6.07) is 3.06. The lowest BCUT2D eigenvalue weighted by atomic mass is 9.99. The number of aromatic nitrogens is 1. The fourth-order valence-electron chi connectivity index (χ4n) is 2.34. The molecule has 2 atom stereocenters. The van der Waals surface area contributed by atoms with Crippen molar-refractivity contribution in [2.24, 2.45) is 11.8 Å². The van der Waals surface area contributed by atoms with Gasteiger partial charge in [0.15, 0.2) is 0 Å². The third-order valence-corrected chi connectivity index (χ3v) is 3.50. The first-order chi connectivity index (χ1) is 10.0. The number of nitrogens with zero attached hydrogens (tertiary/aromatic N) is 2. The van der Waals surface area contributed by atoms with Crippen LogP contribution in [0.3, 0.4) is 0 Å². The molecule has 2 rings (SSSR count). The van der Waals surface area contributed by atoms with Crippen molar-refractivity contribution < 1.29 is 19.4 Å². The summed E-state index contributed by atoms with van der Waals surface area (Å²) in [7, 11) is 0. The van der Waals surface area contributed by atoms with Crippen molar-refractivity contribution in [3.05, 3.63) is 18.3 Å². The van der Waals surface area contributed by atoms with Gasteiger partial charge in [-0.15, -0.1) is 0 Å². The van der Waals surface area contributed by atoms with Crippen LogP contribution in [0.4, 0.5) is 10.5 Å². The standard InChI is InChI=1S/C14H19N3O4/c1-3-21-12-5-4-10(6-15-12)16-14(20)17-7-9(2)11(8-17)13(18)19/h4-6,9,11H,3,7-8H2,1-2H3,(H,16,20)(H,18,19)/t9-,11-/m1/s1. The van der Waals surface area contributed by atoms with Gasteiger partial charge in [0.25, 0.3) is 0 Å². The smallest absolute Gasteiger partial charge is 0.321 e. The highest BCUT2D eigenvalue weighted by Gasteiger charge is 2.36. The molecule has 2 N–H and O–H groups in total. The van der Waals surface area contributed by atoms with Crippen LogP contribution in [-0.4, -0.2) is 46.7 Å². The summed E-state index contributed by atoms with van der Waals surface area (Å²) in [4.78, 5) is 28.7. The Hall–Kier alpha value is -2.31. The Bertz CT molecular complexity index is 517. The number of carbonyl (C=O) groups excluding carboxylic acids is 1. The van der Waals surface area contributed by atoms with Gasteiger partial charge in [-0.2, -0.15) is 0 Å². The van der Waals surface area contributed by atoms with E-state index in [0.717, 1.165) is 0 Å². The summed E-state index contributed by atoms with van der Waals surface area (Å²) in [6.45, 7) is 4.90. The molecule has 114 valence electrons. The molecule has 0 aromatic carbocycles. The number of rotatable bonds is 4. The minimum atomic E-state index is -0.861. The highest BCUT2D eigenvalue weighted by atomic mass is 16.5. The van der Waals surface area contributed by atoms with Gasteiger partial charge in [-0.1, -0.05) is 6.92 Å². The quantitative estimate of drug-likeness (QED) is 0.881. The SMILES string of the molecule is CCOc1ccc(NC(=O)N2C[C@@H](C)[C@H](C(=O)O)C2)cn1. The number of ether oxygens (including phenoxy) is 1. The van der Waals surface area contributed by atoms with E-state index < -0.39 is 11.9 Å². The molecule has 0 spiro atoms. The Balaban J connectivity index is 1.94. The summed E-state index contributed by atoms with van der Waals surface area (Å²) in [5.74, 6) is -0.919. The molecule has 1 aliphatic heterocycles. The lowest BCUT2D eigenvalue weighted by molar-refractivity contribution is -0.142. The lowest BCUT2D eigenvalue weighted by Crippen LogP contribution is -2.33. The molecule has 2 amide bonds. The number of aliphatic carboxylic acids is 1. The van der Waals surface area contributed by atoms with Gasteiger partial charge >= 0.3 is 12.0 Å². The molecule has 1 saturated heterocycles. The Kier molecular flexibility index (Phi) is 4.62. The predicted molar refractivity (Wildman–Crippen MR) is 76.3 cm³/mol. The largest absolute Gasteiger partial charge is 0.481 e. The van der Waals surface area contributed by atoms with Crippen LogP contribution in [-0.2, 0) is 4.79 Å². The highest BCUT2D eigenvalue weighted by Crippen LogP contribution is 2.24. The number of amides is 2. The van der Waals surface area contributed by atoms with Gasteiger partial charge in [-0.25, -0.2) is 9.78 Å². The number of carbonyl (C=O) groups is 2. The van der Waals surface area contributed by atoms with E-state index in [0.29, 0.717) is 24.7 Å². The van der Waals surface area contributed by atoms with Gasteiger partial charge in [0.05, 0.1) is 24.4 Å². The van der Waals surface area contributed by atoms with E-state index in [9.17, 15) is 9.59 Å². The van der Waals surface area contributed by atoms with Crippen LogP contribution in [0.25, 0.3) is 0 Å². The first kappa shape index (κ1) is 15.1. The van der Waals surface area contributed by atoms with Gasteiger partial charge < -0.3 is 20.1 Å². The fraction of sp³-hybridized carbons (Fsp3) is 0.500. The van der Waals surface area contributed by atoms with Gasteiger partial charge in [0.2, 0.25) is 5.88 Å².